The van der Waals surface area contributed by atoms with Gasteiger partial charge in [-0.3, -0.25) is 4.98 Å². The zero-order chi connectivity index (χ0) is 11.8. The molecule has 0 atom stereocenters. The molecule has 1 aromatic heterocycles. The Hall–Kier alpha value is -0.320. The lowest BCUT2D eigenvalue weighted by molar-refractivity contribution is 0.324. The monoisotopic (exact) mass is 259 g/mol. The highest BCUT2D eigenvalue weighted by Gasteiger charge is 2.00. The molecule has 0 saturated heterocycles. The second kappa shape index (κ2) is 7.87. The summed E-state index contributed by atoms with van der Waals surface area (Å²) in [7, 11) is 0. The molecule has 0 aliphatic carbocycles. The molecule has 5 heteroatoms. The molecule has 0 spiro atoms. The van der Waals surface area contributed by atoms with Crippen LogP contribution in [0.5, 0.6) is 0 Å². The van der Waals surface area contributed by atoms with E-state index >= 15 is 0 Å². The fourth-order valence-corrected chi connectivity index (χ4v) is 2.31. The van der Waals surface area contributed by atoms with E-state index in [9.17, 15) is 0 Å². The summed E-state index contributed by atoms with van der Waals surface area (Å²) in [5, 5.41) is 0.455. The quantitative estimate of drug-likeness (QED) is 0.704. The first kappa shape index (κ1) is 13.7. The zero-order valence-electron chi connectivity index (χ0n) is 9.82. The van der Waals surface area contributed by atoms with Crippen LogP contribution in [-0.4, -0.2) is 40.3 Å². The zero-order valence-corrected chi connectivity index (χ0v) is 11.4. The molecule has 0 aromatic carbocycles. The van der Waals surface area contributed by atoms with E-state index in [0.29, 0.717) is 5.15 Å². The normalized spacial score (nSPS) is 11.0. The number of halogens is 1. The second-order valence-corrected chi connectivity index (χ2v) is 4.90. The highest BCUT2D eigenvalue weighted by atomic mass is 35.5. The summed E-state index contributed by atoms with van der Waals surface area (Å²) in [5.74, 6) is 2.04. The molecule has 0 radical (unpaired) electrons. The molecular weight excluding hydrogens is 242 g/mol. The Bertz CT molecular complexity index is 288. The SMILES string of the molecule is CCN(CC)CCSCc1cnc(Cl)cn1. The summed E-state index contributed by atoms with van der Waals surface area (Å²) in [4.78, 5) is 10.6. The van der Waals surface area contributed by atoms with E-state index in [-0.39, 0.29) is 0 Å². The molecule has 0 N–H and O–H groups in total. The van der Waals surface area contributed by atoms with Crippen LogP contribution < -0.4 is 0 Å². The van der Waals surface area contributed by atoms with E-state index in [1.165, 1.54) is 0 Å². The molecule has 3 nitrogen and oxygen atoms in total. The Kier molecular flexibility index (Phi) is 6.76. The summed E-state index contributed by atoms with van der Waals surface area (Å²) in [6.07, 6.45) is 3.34. The van der Waals surface area contributed by atoms with Crippen LogP contribution in [0.15, 0.2) is 12.4 Å². The number of nitrogens with zero attached hydrogens (tertiary/aromatic N) is 3. The van der Waals surface area contributed by atoms with Crippen molar-refractivity contribution in [2.75, 3.05) is 25.4 Å². The summed E-state index contributed by atoms with van der Waals surface area (Å²) in [6, 6.07) is 0. The first-order chi connectivity index (χ1) is 7.76. The lowest BCUT2D eigenvalue weighted by Gasteiger charge is -2.17. The predicted octanol–water partition coefficient (Wildman–Crippen LogP) is 2.71. The number of hydrogen-bond donors (Lipinski definition) is 0. The third kappa shape index (κ3) is 5.14. The van der Waals surface area contributed by atoms with Gasteiger partial charge in [0.2, 0.25) is 0 Å². The average molecular weight is 260 g/mol. The van der Waals surface area contributed by atoms with Crippen molar-refractivity contribution in [1.82, 2.24) is 14.9 Å². The lowest BCUT2D eigenvalue weighted by atomic mass is 10.5. The van der Waals surface area contributed by atoms with Crippen molar-refractivity contribution < 1.29 is 0 Å². The molecular formula is C11H18ClN3S. The predicted molar refractivity (Wildman–Crippen MR) is 71.0 cm³/mol. The largest absolute Gasteiger partial charge is 0.303 e. The second-order valence-electron chi connectivity index (χ2n) is 3.41. The Labute approximate surface area is 107 Å². The summed E-state index contributed by atoms with van der Waals surface area (Å²) in [6.45, 7) is 7.77. The fraction of sp³-hybridized carbons (Fsp3) is 0.636. The maximum Gasteiger partial charge on any atom is 0.147 e. The smallest absolute Gasteiger partial charge is 0.147 e. The van der Waals surface area contributed by atoms with Gasteiger partial charge in [-0.25, -0.2) is 4.98 Å². The van der Waals surface area contributed by atoms with Crippen molar-refractivity contribution >= 4 is 23.4 Å². The van der Waals surface area contributed by atoms with Gasteiger partial charge >= 0.3 is 0 Å². The van der Waals surface area contributed by atoms with Crippen LogP contribution >= 0.6 is 23.4 Å². The standard InChI is InChI=1S/C11H18ClN3S/c1-3-15(4-2)5-6-16-9-10-7-14-11(12)8-13-10/h7-8H,3-6,9H2,1-2H3. The summed E-state index contributed by atoms with van der Waals surface area (Å²) in [5.41, 5.74) is 0.994. The van der Waals surface area contributed by atoms with Gasteiger partial charge in [0.05, 0.1) is 18.1 Å². The van der Waals surface area contributed by atoms with E-state index in [4.69, 9.17) is 11.6 Å². The summed E-state index contributed by atoms with van der Waals surface area (Å²) < 4.78 is 0. The van der Waals surface area contributed by atoms with Crippen molar-refractivity contribution in [3.05, 3.63) is 23.2 Å². The molecule has 0 fully saturated rings. The average Bonchev–Trinajstić information content (AvgIpc) is 2.32. The number of hydrogen-bond acceptors (Lipinski definition) is 4. The highest BCUT2D eigenvalue weighted by molar-refractivity contribution is 7.98. The topological polar surface area (TPSA) is 29.0 Å². The molecule has 0 aliphatic heterocycles. The van der Waals surface area contributed by atoms with Crippen molar-refractivity contribution in [3.8, 4) is 0 Å². The Balaban J connectivity index is 2.18. The van der Waals surface area contributed by atoms with Gasteiger partial charge in [0, 0.05) is 18.1 Å². The Morgan fingerprint density at radius 1 is 1.25 bits per heavy atom. The van der Waals surface area contributed by atoms with Gasteiger partial charge in [0.15, 0.2) is 0 Å². The van der Waals surface area contributed by atoms with Gasteiger partial charge in [0.25, 0.3) is 0 Å². The minimum Gasteiger partial charge on any atom is -0.303 e. The van der Waals surface area contributed by atoms with Gasteiger partial charge < -0.3 is 4.90 Å². The van der Waals surface area contributed by atoms with Crippen molar-refractivity contribution in [3.63, 3.8) is 0 Å². The fourth-order valence-electron chi connectivity index (χ4n) is 1.32. The van der Waals surface area contributed by atoms with Crippen LogP contribution in [0, 0.1) is 0 Å². The molecule has 1 rings (SSSR count). The third-order valence-electron chi connectivity index (χ3n) is 2.37. The van der Waals surface area contributed by atoms with E-state index in [2.05, 4.69) is 28.7 Å². The molecule has 90 valence electrons. The van der Waals surface area contributed by atoms with Crippen LogP contribution in [0.1, 0.15) is 19.5 Å². The minimum atomic E-state index is 0.455. The molecule has 16 heavy (non-hydrogen) atoms. The van der Waals surface area contributed by atoms with Gasteiger partial charge in [-0.2, -0.15) is 11.8 Å². The Morgan fingerprint density at radius 3 is 2.56 bits per heavy atom. The van der Waals surface area contributed by atoms with Crippen molar-refractivity contribution in [2.45, 2.75) is 19.6 Å². The molecule has 0 bridgehead atoms. The maximum atomic E-state index is 5.67. The van der Waals surface area contributed by atoms with Crippen LogP contribution in [0.4, 0.5) is 0 Å². The molecule has 0 saturated carbocycles. The maximum absolute atomic E-state index is 5.67. The molecule has 0 aliphatic rings. The molecule has 0 amide bonds. The van der Waals surface area contributed by atoms with E-state index < -0.39 is 0 Å². The van der Waals surface area contributed by atoms with Crippen molar-refractivity contribution in [1.29, 1.82) is 0 Å². The van der Waals surface area contributed by atoms with Gasteiger partial charge in [-0.1, -0.05) is 25.4 Å². The number of rotatable bonds is 7. The van der Waals surface area contributed by atoms with E-state index in [1.54, 1.807) is 12.4 Å². The molecule has 0 unspecified atom stereocenters. The first-order valence-electron chi connectivity index (χ1n) is 5.52. The number of thioether (sulfide) groups is 1. The van der Waals surface area contributed by atoms with Crippen LogP contribution in [-0.2, 0) is 5.75 Å². The highest BCUT2D eigenvalue weighted by Crippen LogP contribution is 2.10. The minimum absolute atomic E-state index is 0.455. The number of aromatic nitrogens is 2. The molecule has 1 heterocycles. The van der Waals surface area contributed by atoms with E-state index in [0.717, 1.165) is 36.8 Å². The van der Waals surface area contributed by atoms with Crippen LogP contribution in [0.25, 0.3) is 0 Å². The summed E-state index contributed by atoms with van der Waals surface area (Å²) >= 11 is 7.55. The van der Waals surface area contributed by atoms with Crippen LogP contribution in [0.2, 0.25) is 5.15 Å². The van der Waals surface area contributed by atoms with E-state index in [1.807, 2.05) is 11.8 Å². The van der Waals surface area contributed by atoms with Crippen LogP contribution in [0.3, 0.4) is 0 Å². The van der Waals surface area contributed by atoms with Gasteiger partial charge in [0.1, 0.15) is 5.15 Å². The lowest BCUT2D eigenvalue weighted by Crippen LogP contribution is -2.25. The molecule has 1 aromatic rings. The van der Waals surface area contributed by atoms with Crippen molar-refractivity contribution in [2.24, 2.45) is 0 Å². The Morgan fingerprint density at radius 2 is 2.00 bits per heavy atom. The third-order valence-corrected chi connectivity index (χ3v) is 3.54. The van der Waals surface area contributed by atoms with Gasteiger partial charge in [-0.05, 0) is 13.1 Å². The van der Waals surface area contributed by atoms with Gasteiger partial charge in [-0.15, -0.1) is 0 Å². The first-order valence-corrected chi connectivity index (χ1v) is 7.06.